The zero-order chi connectivity index (χ0) is 32.8. The van der Waals surface area contributed by atoms with Crippen LogP contribution in [0.4, 0.5) is 0 Å². The summed E-state index contributed by atoms with van der Waals surface area (Å²) >= 11 is 0. The number of fused-ring (bicyclic) bond motifs is 10. The number of furan rings is 1. The third-order valence-electron chi connectivity index (χ3n) is 11.2. The minimum absolute atomic E-state index is 0.172. The van der Waals surface area contributed by atoms with Crippen molar-refractivity contribution in [3.05, 3.63) is 180 Å². The van der Waals surface area contributed by atoms with Gasteiger partial charge in [-0.15, -0.1) is 0 Å². The van der Waals surface area contributed by atoms with Gasteiger partial charge < -0.3 is 9.15 Å². The molecule has 7 aromatic carbocycles. The van der Waals surface area contributed by atoms with E-state index >= 15 is 0 Å². The quantitative estimate of drug-likeness (QED) is 0.179. The summed E-state index contributed by atoms with van der Waals surface area (Å²) in [5.41, 5.74) is 11.3. The van der Waals surface area contributed by atoms with E-state index in [-0.39, 0.29) is 5.92 Å². The third-order valence-corrected chi connectivity index (χ3v) is 11.2. The van der Waals surface area contributed by atoms with Gasteiger partial charge in [-0.25, -0.2) is 0 Å². The fraction of sp³-hybridized carbons (Fsp3) is 0.0833. The first-order valence-electron chi connectivity index (χ1n) is 17.6. The van der Waals surface area contributed by atoms with Crippen LogP contribution in [0.5, 0.6) is 5.75 Å². The molecule has 2 nitrogen and oxygen atoms in total. The molecule has 2 heterocycles. The highest BCUT2D eigenvalue weighted by molar-refractivity contribution is 6.17. The molecule has 2 aliphatic carbocycles. The Kier molecular flexibility index (Phi) is 5.94. The van der Waals surface area contributed by atoms with Crippen molar-refractivity contribution in [1.29, 1.82) is 0 Å². The van der Waals surface area contributed by atoms with Gasteiger partial charge in [-0.2, -0.15) is 0 Å². The summed E-state index contributed by atoms with van der Waals surface area (Å²) in [5.74, 6) is 2.19. The van der Waals surface area contributed by atoms with Gasteiger partial charge in [0.05, 0.1) is 0 Å². The van der Waals surface area contributed by atoms with Gasteiger partial charge in [0.15, 0.2) is 0 Å². The highest BCUT2D eigenvalue weighted by Gasteiger charge is 2.34. The summed E-state index contributed by atoms with van der Waals surface area (Å²) in [6.07, 6.45) is 12.2. The number of para-hydroxylation sites is 1. The molecule has 1 atom stereocenters. The number of hydrogen-bond acceptors (Lipinski definition) is 2. The van der Waals surface area contributed by atoms with E-state index in [0.29, 0.717) is 0 Å². The molecule has 0 spiro atoms. The average molecular weight is 641 g/mol. The highest BCUT2D eigenvalue weighted by atomic mass is 16.5. The number of allylic oxidation sites excluding steroid dienone is 8. The number of ether oxygens (including phenoxy) is 1. The number of benzene rings is 7. The van der Waals surface area contributed by atoms with Gasteiger partial charge in [-0.05, 0) is 104 Å². The van der Waals surface area contributed by atoms with Gasteiger partial charge in [-0.3, -0.25) is 0 Å². The molecular formula is C48H32O2. The van der Waals surface area contributed by atoms with Crippen molar-refractivity contribution < 1.29 is 9.15 Å². The fourth-order valence-electron chi connectivity index (χ4n) is 8.84. The van der Waals surface area contributed by atoms with Crippen molar-refractivity contribution in [3.8, 4) is 5.75 Å². The second kappa shape index (κ2) is 10.7. The van der Waals surface area contributed by atoms with E-state index in [1.165, 1.54) is 60.5 Å². The van der Waals surface area contributed by atoms with Gasteiger partial charge in [0, 0.05) is 27.6 Å². The Morgan fingerprint density at radius 3 is 1.80 bits per heavy atom. The van der Waals surface area contributed by atoms with Gasteiger partial charge in [-0.1, -0.05) is 127 Å². The Labute approximate surface area is 289 Å². The van der Waals surface area contributed by atoms with Crippen LogP contribution < -0.4 is 4.74 Å². The molecule has 2 heteroatoms. The lowest BCUT2D eigenvalue weighted by atomic mass is 9.79. The van der Waals surface area contributed by atoms with E-state index in [1.807, 2.05) is 12.1 Å². The van der Waals surface area contributed by atoms with Crippen LogP contribution in [0.15, 0.2) is 162 Å². The molecule has 1 unspecified atom stereocenters. The average Bonchev–Trinajstić information content (AvgIpc) is 3.74. The van der Waals surface area contributed by atoms with Crippen molar-refractivity contribution in [1.82, 2.24) is 0 Å². The minimum Gasteiger partial charge on any atom is -0.460 e. The summed E-state index contributed by atoms with van der Waals surface area (Å²) in [5, 5.41) is 9.83. The van der Waals surface area contributed by atoms with Crippen molar-refractivity contribution in [2.75, 3.05) is 0 Å². The van der Waals surface area contributed by atoms with E-state index in [0.717, 1.165) is 63.5 Å². The Hall–Kier alpha value is -6.12. The van der Waals surface area contributed by atoms with Crippen LogP contribution in [-0.4, -0.2) is 0 Å². The first-order valence-corrected chi connectivity index (χ1v) is 17.6. The predicted molar refractivity (Wildman–Crippen MR) is 208 cm³/mol. The molecule has 8 aromatic rings. The number of rotatable bonds is 3. The molecule has 1 aromatic heterocycles. The maximum atomic E-state index is 6.73. The summed E-state index contributed by atoms with van der Waals surface area (Å²) in [4.78, 5) is 0. The van der Waals surface area contributed by atoms with Crippen LogP contribution in [-0.2, 0) is 0 Å². The van der Waals surface area contributed by atoms with Crippen LogP contribution in [0.2, 0.25) is 0 Å². The molecule has 0 fully saturated rings. The van der Waals surface area contributed by atoms with Crippen molar-refractivity contribution in [3.63, 3.8) is 0 Å². The molecule has 236 valence electrons. The first kappa shape index (κ1) is 27.8. The zero-order valence-electron chi connectivity index (χ0n) is 27.4. The maximum Gasteiger partial charge on any atom is 0.138 e. The molecule has 0 N–H and O–H groups in total. The lowest BCUT2D eigenvalue weighted by Crippen LogP contribution is -2.06. The van der Waals surface area contributed by atoms with Crippen molar-refractivity contribution in [2.24, 2.45) is 0 Å². The normalized spacial score (nSPS) is 17.0. The van der Waals surface area contributed by atoms with E-state index in [4.69, 9.17) is 9.15 Å². The summed E-state index contributed by atoms with van der Waals surface area (Å²) in [6.45, 7) is 0. The van der Waals surface area contributed by atoms with Crippen LogP contribution in [0.25, 0.3) is 71.0 Å². The predicted octanol–water partition coefficient (Wildman–Crippen LogP) is 13.2. The van der Waals surface area contributed by atoms with Crippen LogP contribution in [0.3, 0.4) is 0 Å². The molecule has 50 heavy (non-hydrogen) atoms. The highest BCUT2D eigenvalue weighted by Crippen LogP contribution is 2.53. The molecule has 3 aliphatic rings. The second-order valence-electron chi connectivity index (χ2n) is 13.9. The van der Waals surface area contributed by atoms with E-state index in [1.54, 1.807) is 0 Å². The monoisotopic (exact) mass is 640 g/mol. The SMILES string of the molecule is C1=C(c2ccccc2)CCC(c2c3ccccc3c(C3=CC=C4Oc5c(ccc6cc7oc8ccccc8c7cc56)C4C3)c3ccccc23)=C1. The van der Waals surface area contributed by atoms with Crippen LogP contribution >= 0.6 is 0 Å². The number of hydrogen-bond donors (Lipinski definition) is 0. The largest absolute Gasteiger partial charge is 0.460 e. The zero-order valence-corrected chi connectivity index (χ0v) is 27.4. The Morgan fingerprint density at radius 2 is 1.08 bits per heavy atom. The van der Waals surface area contributed by atoms with E-state index in [2.05, 4.69) is 140 Å². The van der Waals surface area contributed by atoms with Crippen LogP contribution in [0, 0.1) is 0 Å². The topological polar surface area (TPSA) is 22.4 Å². The fourth-order valence-corrected chi connectivity index (χ4v) is 8.84. The molecule has 0 radical (unpaired) electrons. The smallest absolute Gasteiger partial charge is 0.138 e. The molecular weight excluding hydrogens is 609 g/mol. The Morgan fingerprint density at radius 1 is 0.460 bits per heavy atom. The van der Waals surface area contributed by atoms with E-state index < -0.39 is 0 Å². The van der Waals surface area contributed by atoms with E-state index in [9.17, 15) is 0 Å². The summed E-state index contributed by atoms with van der Waals surface area (Å²) in [6, 6.07) is 46.1. The molecule has 0 bridgehead atoms. The van der Waals surface area contributed by atoms with Gasteiger partial charge >= 0.3 is 0 Å². The summed E-state index contributed by atoms with van der Waals surface area (Å²) in [7, 11) is 0. The maximum absolute atomic E-state index is 6.73. The molecule has 0 saturated carbocycles. The van der Waals surface area contributed by atoms with Gasteiger partial charge in [0.2, 0.25) is 0 Å². The molecule has 0 saturated heterocycles. The summed E-state index contributed by atoms with van der Waals surface area (Å²) < 4.78 is 12.9. The molecule has 1 aliphatic heterocycles. The van der Waals surface area contributed by atoms with Crippen molar-refractivity contribution >= 4 is 71.0 Å². The Balaban J connectivity index is 1.03. The lowest BCUT2D eigenvalue weighted by Gasteiger charge is -2.24. The second-order valence-corrected chi connectivity index (χ2v) is 13.9. The third kappa shape index (κ3) is 4.09. The Bertz CT molecular complexity index is 2800. The molecule has 11 rings (SSSR count). The van der Waals surface area contributed by atoms with Gasteiger partial charge in [0.25, 0.3) is 0 Å². The minimum atomic E-state index is 0.172. The van der Waals surface area contributed by atoms with Crippen LogP contribution in [0.1, 0.15) is 47.4 Å². The standard InChI is InChI=1S/C48H32O2/c1-2-10-29(11-3-1)30-18-20-31(21-19-30)46-35-13-4-6-15-37(35)47(38-16-7-5-14-36(38)46)33-23-25-44-41(26-33)39-24-22-32-27-45-42(28-40(32)48(39)50-44)34-12-8-9-17-43(34)49-45/h1-18,20,22-25,27-28,41H,19,21,26H2. The van der Waals surface area contributed by atoms with Crippen molar-refractivity contribution in [2.45, 2.75) is 25.2 Å². The first-order chi connectivity index (χ1) is 24.8. The molecule has 0 amide bonds. The van der Waals surface area contributed by atoms with Gasteiger partial charge in [0.1, 0.15) is 22.7 Å². The lowest BCUT2D eigenvalue weighted by molar-refractivity contribution is 0.430.